The third-order valence-corrected chi connectivity index (χ3v) is 3.78. The average Bonchev–Trinajstić information content (AvgIpc) is 2.36. The largest absolute Gasteiger partial charge is 0.309 e. The maximum atomic E-state index is 5.98. The molecule has 0 aliphatic carbocycles. The van der Waals surface area contributed by atoms with Crippen LogP contribution in [0.5, 0.6) is 0 Å². The molecule has 0 amide bonds. The van der Waals surface area contributed by atoms with E-state index in [9.17, 15) is 0 Å². The van der Waals surface area contributed by atoms with Crippen molar-refractivity contribution in [2.45, 2.75) is 20.0 Å². The zero-order valence-corrected chi connectivity index (χ0v) is 12.4. The summed E-state index contributed by atoms with van der Waals surface area (Å²) in [6, 6.07) is 7.85. The fourth-order valence-corrected chi connectivity index (χ4v) is 2.29. The van der Waals surface area contributed by atoms with Gasteiger partial charge in [-0.2, -0.15) is 0 Å². The minimum atomic E-state index is 0.759. The van der Waals surface area contributed by atoms with Crippen LogP contribution in [0.15, 0.2) is 41.1 Å². The first-order chi connectivity index (χ1) is 8.66. The summed E-state index contributed by atoms with van der Waals surface area (Å²) in [5, 5.41) is 4.17. The van der Waals surface area contributed by atoms with Gasteiger partial charge in [-0.25, -0.2) is 0 Å². The van der Waals surface area contributed by atoms with Crippen LogP contribution in [-0.4, -0.2) is 4.98 Å². The van der Waals surface area contributed by atoms with Crippen molar-refractivity contribution in [3.63, 3.8) is 0 Å². The highest BCUT2D eigenvalue weighted by Gasteiger charge is 2.02. The normalized spacial score (nSPS) is 10.6. The van der Waals surface area contributed by atoms with Crippen LogP contribution >= 0.6 is 27.5 Å². The lowest BCUT2D eigenvalue weighted by Gasteiger charge is -2.09. The Kier molecular flexibility index (Phi) is 4.75. The minimum Gasteiger partial charge on any atom is -0.309 e. The summed E-state index contributed by atoms with van der Waals surface area (Å²) in [7, 11) is 0. The van der Waals surface area contributed by atoms with Crippen LogP contribution in [0.1, 0.15) is 16.7 Å². The zero-order valence-electron chi connectivity index (χ0n) is 10.1. The lowest BCUT2D eigenvalue weighted by atomic mass is 10.1. The van der Waals surface area contributed by atoms with Crippen LogP contribution in [-0.2, 0) is 13.1 Å². The van der Waals surface area contributed by atoms with Gasteiger partial charge in [0.2, 0.25) is 0 Å². The van der Waals surface area contributed by atoms with E-state index in [0.29, 0.717) is 0 Å². The Labute approximate surface area is 121 Å². The van der Waals surface area contributed by atoms with Gasteiger partial charge in [-0.3, -0.25) is 4.98 Å². The zero-order chi connectivity index (χ0) is 13.0. The van der Waals surface area contributed by atoms with E-state index >= 15 is 0 Å². The fourth-order valence-electron chi connectivity index (χ4n) is 1.71. The predicted molar refractivity (Wildman–Crippen MR) is 78.7 cm³/mol. The van der Waals surface area contributed by atoms with Crippen molar-refractivity contribution in [2.24, 2.45) is 0 Å². The van der Waals surface area contributed by atoms with E-state index in [1.54, 1.807) is 0 Å². The molecule has 1 heterocycles. The quantitative estimate of drug-likeness (QED) is 0.915. The first-order valence-corrected chi connectivity index (χ1v) is 6.88. The first kappa shape index (κ1) is 13.5. The highest BCUT2D eigenvalue weighted by atomic mass is 79.9. The number of benzene rings is 1. The molecule has 0 fully saturated rings. The highest BCUT2D eigenvalue weighted by Crippen LogP contribution is 2.21. The standard InChI is InChI=1S/C14H14BrClN2/c1-10-7-17-5-4-11(10)8-18-9-12-6-13(16)2-3-14(12)15/h2-7,18H,8-9H2,1H3. The lowest BCUT2D eigenvalue weighted by molar-refractivity contribution is 0.688. The van der Waals surface area contributed by atoms with E-state index in [1.807, 2.05) is 36.7 Å². The first-order valence-electron chi connectivity index (χ1n) is 5.71. The van der Waals surface area contributed by atoms with E-state index in [4.69, 9.17) is 11.6 Å². The number of pyridine rings is 1. The molecule has 0 spiro atoms. The smallest absolute Gasteiger partial charge is 0.0410 e. The van der Waals surface area contributed by atoms with Gasteiger partial charge < -0.3 is 5.32 Å². The molecule has 0 aliphatic rings. The Bertz CT molecular complexity index is 543. The van der Waals surface area contributed by atoms with Crippen molar-refractivity contribution < 1.29 is 0 Å². The molecule has 0 bridgehead atoms. The van der Waals surface area contributed by atoms with Crippen molar-refractivity contribution in [3.8, 4) is 0 Å². The molecule has 1 N–H and O–H groups in total. The second kappa shape index (κ2) is 6.32. The Morgan fingerprint density at radius 1 is 1.22 bits per heavy atom. The molecule has 18 heavy (non-hydrogen) atoms. The third-order valence-electron chi connectivity index (χ3n) is 2.78. The summed E-state index contributed by atoms with van der Waals surface area (Å²) in [6.45, 7) is 3.68. The predicted octanol–water partition coefficient (Wildman–Crippen LogP) is 4.10. The van der Waals surface area contributed by atoms with Crippen molar-refractivity contribution in [1.29, 1.82) is 0 Å². The third kappa shape index (κ3) is 3.55. The summed E-state index contributed by atoms with van der Waals surface area (Å²) in [6.07, 6.45) is 3.70. The number of halogens is 2. The average molecular weight is 326 g/mol. The number of hydrogen-bond acceptors (Lipinski definition) is 2. The molecular weight excluding hydrogens is 312 g/mol. The summed E-state index contributed by atoms with van der Waals surface area (Å²) in [4.78, 5) is 4.08. The Balaban J connectivity index is 1.96. The molecule has 1 aromatic carbocycles. The van der Waals surface area contributed by atoms with Gasteiger partial charge in [0.15, 0.2) is 0 Å². The van der Waals surface area contributed by atoms with Crippen LogP contribution in [0, 0.1) is 6.92 Å². The number of aryl methyl sites for hydroxylation is 1. The SMILES string of the molecule is Cc1cnccc1CNCc1cc(Cl)ccc1Br. The lowest BCUT2D eigenvalue weighted by Crippen LogP contribution is -2.14. The van der Waals surface area contributed by atoms with Crippen molar-refractivity contribution in [2.75, 3.05) is 0 Å². The van der Waals surface area contributed by atoms with Gasteiger partial charge in [-0.1, -0.05) is 27.5 Å². The van der Waals surface area contributed by atoms with Gasteiger partial charge in [-0.15, -0.1) is 0 Å². The maximum Gasteiger partial charge on any atom is 0.0410 e. The second-order valence-corrected chi connectivity index (χ2v) is 5.43. The molecule has 0 saturated heterocycles. The van der Waals surface area contributed by atoms with Crippen molar-refractivity contribution in [3.05, 3.63) is 62.8 Å². The van der Waals surface area contributed by atoms with Crippen LogP contribution in [0.4, 0.5) is 0 Å². The molecule has 1 aromatic heterocycles. The number of nitrogens with zero attached hydrogens (tertiary/aromatic N) is 1. The summed E-state index contributed by atoms with van der Waals surface area (Å²) >= 11 is 9.50. The molecule has 2 nitrogen and oxygen atoms in total. The molecule has 0 radical (unpaired) electrons. The van der Waals surface area contributed by atoms with Gasteiger partial charge in [0.1, 0.15) is 0 Å². The highest BCUT2D eigenvalue weighted by molar-refractivity contribution is 9.10. The molecule has 0 saturated carbocycles. The number of nitrogens with one attached hydrogen (secondary N) is 1. The van der Waals surface area contributed by atoms with Gasteiger partial charge in [-0.05, 0) is 47.9 Å². The molecule has 94 valence electrons. The van der Waals surface area contributed by atoms with E-state index in [-0.39, 0.29) is 0 Å². The summed E-state index contributed by atoms with van der Waals surface area (Å²) < 4.78 is 1.07. The number of aromatic nitrogens is 1. The van der Waals surface area contributed by atoms with Crippen molar-refractivity contribution >= 4 is 27.5 Å². The summed E-state index contributed by atoms with van der Waals surface area (Å²) in [5.74, 6) is 0. The van der Waals surface area contributed by atoms with Gasteiger partial charge >= 0.3 is 0 Å². The van der Waals surface area contributed by atoms with Gasteiger partial charge in [0.25, 0.3) is 0 Å². The monoisotopic (exact) mass is 324 g/mol. The number of rotatable bonds is 4. The summed E-state index contributed by atoms with van der Waals surface area (Å²) in [5.41, 5.74) is 3.63. The Morgan fingerprint density at radius 3 is 2.78 bits per heavy atom. The molecule has 4 heteroatoms. The Morgan fingerprint density at radius 2 is 2.00 bits per heavy atom. The van der Waals surface area contributed by atoms with Crippen molar-refractivity contribution in [1.82, 2.24) is 10.3 Å². The van der Waals surface area contributed by atoms with Crippen LogP contribution in [0.3, 0.4) is 0 Å². The molecule has 0 aliphatic heterocycles. The molecule has 0 unspecified atom stereocenters. The fraction of sp³-hybridized carbons (Fsp3) is 0.214. The van der Waals surface area contributed by atoms with Gasteiger partial charge in [0, 0.05) is 35.0 Å². The second-order valence-electron chi connectivity index (χ2n) is 4.14. The molecule has 2 aromatic rings. The molecule has 0 atom stereocenters. The minimum absolute atomic E-state index is 0.759. The van der Waals surface area contributed by atoms with Crippen LogP contribution < -0.4 is 5.32 Å². The van der Waals surface area contributed by atoms with E-state index < -0.39 is 0 Å². The van der Waals surface area contributed by atoms with Gasteiger partial charge in [0.05, 0.1) is 0 Å². The topological polar surface area (TPSA) is 24.9 Å². The maximum absolute atomic E-state index is 5.98. The number of hydrogen-bond donors (Lipinski definition) is 1. The molecular formula is C14H14BrClN2. The van der Waals surface area contributed by atoms with Crippen LogP contribution in [0.2, 0.25) is 5.02 Å². The van der Waals surface area contributed by atoms with E-state index in [1.165, 1.54) is 11.1 Å². The van der Waals surface area contributed by atoms with Crippen LogP contribution in [0.25, 0.3) is 0 Å². The van der Waals surface area contributed by atoms with E-state index in [2.05, 4.69) is 33.2 Å². The van der Waals surface area contributed by atoms with E-state index in [0.717, 1.165) is 28.1 Å². The Hall–Kier alpha value is -0.900. The molecule has 2 rings (SSSR count).